The lowest BCUT2D eigenvalue weighted by Gasteiger charge is -2.04. The molecule has 400 valence electrons. The normalized spacial score (nSPS) is 10.5. The van der Waals surface area contributed by atoms with Crippen molar-refractivity contribution in [3.63, 3.8) is 0 Å². The fourth-order valence-corrected chi connectivity index (χ4v) is 10.0. The second-order valence-electron chi connectivity index (χ2n) is 15.8. The smallest absolute Gasteiger partial charge is 0.321 e. The predicted molar refractivity (Wildman–Crippen MR) is 299 cm³/mol. The summed E-state index contributed by atoms with van der Waals surface area (Å²) in [7, 11) is 1.61. The maximum absolute atomic E-state index is 12.3. The molecule has 22 nitrogen and oxygen atoms in total. The number of benzene rings is 3. The van der Waals surface area contributed by atoms with Crippen LogP contribution in [0.1, 0.15) is 26.8 Å². The van der Waals surface area contributed by atoms with E-state index in [1.807, 2.05) is 92.7 Å². The molecule has 78 heavy (non-hydrogen) atoms. The van der Waals surface area contributed by atoms with Gasteiger partial charge in [0.05, 0.1) is 62.1 Å². The zero-order valence-corrected chi connectivity index (χ0v) is 46.5. The molecule has 0 radical (unpaired) electrons. The topological polar surface area (TPSA) is 298 Å². The van der Waals surface area contributed by atoms with Crippen LogP contribution < -0.4 is 26.0 Å². The number of carbonyl (C=O) groups is 5. The first-order valence-corrected chi connectivity index (χ1v) is 27.7. The van der Waals surface area contributed by atoms with Gasteiger partial charge in [0.15, 0.2) is 17.5 Å². The Morgan fingerprint density at radius 2 is 1.15 bits per heavy atom. The molecule has 0 spiro atoms. The molecule has 0 fully saturated rings. The van der Waals surface area contributed by atoms with Gasteiger partial charge in [0.2, 0.25) is 33.0 Å². The molecule has 6 heterocycles. The monoisotopic (exact) mass is 1190 g/mol. The zero-order chi connectivity index (χ0) is 55.2. The van der Waals surface area contributed by atoms with Crippen LogP contribution in [-0.4, -0.2) is 99.6 Å². The van der Waals surface area contributed by atoms with Crippen molar-refractivity contribution >= 4 is 97.9 Å². The summed E-state index contributed by atoms with van der Waals surface area (Å²) in [4.78, 5) is 77.8. The summed E-state index contributed by atoms with van der Waals surface area (Å²) < 4.78 is 16.4. The Morgan fingerprint density at radius 3 is 1.69 bits per heavy atom. The number of furan rings is 2. The number of halogens is 1. The second kappa shape index (κ2) is 29.3. The maximum Gasteiger partial charge on any atom is 0.321 e. The van der Waals surface area contributed by atoms with Crippen LogP contribution in [-0.2, 0) is 33.9 Å². The van der Waals surface area contributed by atoms with Crippen molar-refractivity contribution < 1.29 is 37.5 Å². The third-order valence-corrected chi connectivity index (χ3v) is 14.9. The van der Waals surface area contributed by atoms with Crippen molar-refractivity contribution in [3.8, 4) is 39.9 Å². The molecular formula is C51H47BrN14O8S4. The van der Waals surface area contributed by atoms with Crippen molar-refractivity contribution in [3.05, 3.63) is 158 Å². The Morgan fingerprint density at radius 1 is 0.654 bits per heavy atom. The molecule has 3 aromatic carbocycles. The molecule has 7 N–H and O–H groups in total. The van der Waals surface area contributed by atoms with E-state index in [4.69, 9.17) is 20.1 Å². The molecule has 0 atom stereocenters. The molecule has 0 saturated heterocycles. The number of aromatic nitrogens is 9. The van der Waals surface area contributed by atoms with Gasteiger partial charge in [0.25, 0.3) is 0 Å². The van der Waals surface area contributed by atoms with Gasteiger partial charge in [-0.1, -0.05) is 112 Å². The maximum atomic E-state index is 12.3. The quantitative estimate of drug-likeness (QED) is 0.0293. The van der Waals surface area contributed by atoms with Gasteiger partial charge in [-0.2, -0.15) is 11.3 Å². The molecule has 0 saturated carbocycles. The van der Waals surface area contributed by atoms with Crippen molar-refractivity contribution in [2.45, 2.75) is 48.8 Å². The minimum absolute atomic E-state index is 0.0153. The number of thioether (sulfide) groups is 3. The second-order valence-corrected chi connectivity index (χ2v) is 20.8. The van der Waals surface area contributed by atoms with Crippen molar-refractivity contribution in [2.75, 3.05) is 24.4 Å². The van der Waals surface area contributed by atoms with Gasteiger partial charge in [-0.05, 0) is 66.8 Å². The van der Waals surface area contributed by atoms with E-state index in [9.17, 15) is 24.0 Å². The highest BCUT2D eigenvalue weighted by atomic mass is 79.9. The highest BCUT2D eigenvalue weighted by Gasteiger charge is 2.18. The molecule has 0 aliphatic rings. The molecule has 0 aliphatic carbocycles. The number of H-pyrrole nitrogens is 3. The number of thiophene rings is 1. The predicted octanol–water partition coefficient (Wildman–Crippen LogP) is 9.74. The number of ether oxygens (including phenoxy) is 1. The SMILES string of the molecule is O=C(CSc1n[nH]c(-c2ccccc2)n1)NC(=O)NCc1ccco1.O=C(CSc1n[nH]c(-c2ccccc2Br)n1)NC(=O)NCc1ccco1.[C-]#[N+]c1c(CC(=O)CSc2n[nH]c(-c3ccccc3OC)n2)sc(C)c1C. The first kappa shape index (κ1) is 57.4. The molecule has 0 unspecified atom stereocenters. The number of urea groups is 2. The van der Waals surface area contributed by atoms with Gasteiger partial charge < -0.3 is 24.2 Å². The van der Waals surface area contributed by atoms with Crippen LogP contribution in [0.15, 0.2) is 144 Å². The third kappa shape index (κ3) is 17.4. The van der Waals surface area contributed by atoms with Crippen LogP contribution in [0.25, 0.3) is 39.0 Å². The summed E-state index contributed by atoms with van der Waals surface area (Å²) in [5, 5.41) is 31.7. The lowest BCUT2D eigenvalue weighted by molar-refractivity contribution is -0.118. The fraction of sp³-hybridized carbons (Fsp3) is 0.176. The van der Waals surface area contributed by atoms with E-state index in [-0.39, 0.29) is 42.6 Å². The van der Waals surface area contributed by atoms with Gasteiger partial charge in [-0.3, -0.25) is 40.3 Å². The van der Waals surface area contributed by atoms with Crippen molar-refractivity contribution in [1.29, 1.82) is 0 Å². The number of imide groups is 2. The molecule has 27 heteroatoms. The fourth-order valence-electron chi connectivity index (χ4n) is 6.55. The van der Waals surface area contributed by atoms with E-state index in [2.05, 4.69) is 87.6 Å². The number of nitrogens with one attached hydrogen (secondary N) is 7. The summed E-state index contributed by atoms with van der Waals surface area (Å²) >= 11 is 8.53. The molecule has 0 aliphatic heterocycles. The van der Waals surface area contributed by atoms with Gasteiger partial charge >= 0.3 is 12.1 Å². The van der Waals surface area contributed by atoms with Gasteiger partial charge in [0, 0.05) is 26.9 Å². The van der Waals surface area contributed by atoms with E-state index in [1.54, 1.807) is 31.4 Å². The number of amides is 6. The van der Waals surface area contributed by atoms with Gasteiger partial charge in [-0.25, -0.2) is 29.4 Å². The summed E-state index contributed by atoms with van der Waals surface area (Å²) in [6, 6.07) is 30.4. The number of carbonyl (C=O) groups excluding carboxylic acids is 5. The lowest BCUT2D eigenvalue weighted by Crippen LogP contribution is -2.39. The van der Waals surface area contributed by atoms with Crippen LogP contribution in [0, 0.1) is 20.4 Å². The Labute approximate surface area is 470 Å². The summed E-state index contributed by atoms with van der Waals surface area (Å²) in [6.45, 7) is 11.6. The number of aryl methyl sites for hydroxylation is 1. The first-order valence-electron chi connectivity index (χ1n) is 23.1. The number of para-hydroxylation sites is 1. The lowest BCUT2D eigenvalue weighted by atomic mass is 10.2. The molecule has 9 rings (SSSR count). The number of hydrogen-bond acceptors (Lipinski definition) is 18. The average Bonchev–Trinajstić information content (AvgIpc) is 4.33. The van der Waals surface area contributed by atoms with Gasteiger partial charge in [0.1, 0.15) is 23.1 Å². The Hall–Kier alpha value is -8.29. The minimum Gasteiger partial charge on any atom is -0.496 e. The summed E-state index contributed by atoms with van der Waals surface area (Å²) in [5.41, 5.74) is 4.18. The molecule has 9 aromatic rings. The largest absolute Gasteiger partial charge is 0.496 e. The van der Waals surface area contributed by atoms with Crippen LogP contribution >= 0.6 is 62.6 Å². The molecular weight excluding hydrogens is 1140 g/mol. The first-order chi connectivity index (χ1) is 37.8. The Balaban J connectivity index is 0.000000170. The number of ketones is 1. The van der Waals surface area contributed by atoms with Crippen LogP contribution in [0.2, 0.25) is 0 Å². The Bertz CT molecular complexity index is 3470. The summed E-state index contributed by atoms with van der Waals surface area (Å²) in [6.07, 6.45) is 3.29. The Kier molecular flexibility index (Phi) is 21.6. The van der Waals surface area contributed by atoms with E-state index in [0.29, 0.717) is 55.9 Å². The highest BCUT2D eigenvalue weighted by molar-refractivity contribution is 9.10. The number of rotatable bonds is 19. The van der Waals surface area contributed by atoms with E-state index in [0.717, 1.165) is 60.0 Å². The van der Waals surface area contributed by atoms with E-state index >= 15 is 0 Å². The zero-order valence-electron chi connectivity index (χ0n) is 41.6. The van der Waals surface area contributed by atoms with Crippen LogP contribution in [0.5, 0.6) is 5.75 Å². The average molecular weight is 1190 g/mol. The standard InChI is InChI=1S/C19H18N4O2S2.C16H14BrN5O3S.C16H15N5O3S/c1-11-12(2)27-16(17(11)20-3)9-13(24)10-26-19-21-18(22-23-19)14-7-5-6-8-15(14)25-4;17-12-6-2-1-5-11(12)14-20-16(22-21-14)26-9-13(23)19-15(24)18-8-10-4-3-7-25-10;22-13(18-15(23)17-9-12-7-4-8-24-12)10-25-16-19-14(20-21-16)11-5-2-1-3-6-11/h5-8H,9-10H2,1-2,4H3,(H,21,22,23);1-7H,8-9H2,(H,20,21,22)(H2,18,19,23,24);1-8H,9-10H2,(H,19,20,21)(H2,17,18,22,23). The van der Waals surface area contributed by atoms with E-state index in [1.165, 1.54) is 35.6 Å². The van der Waals surface area contributed by atoms with Crippen LogP contribution in [0.4, 0.5) is 15.3 Å². The number of Topliss-reactive ketones (excluding diaryl/α,β-unsaturated/α-hetero) is 1. The van der Waals surface area contributed by atoms with Crippen molar-refractivity contribution in [2.24, 2.45) is 0 Å². The molecule has 0 bridgehead atoms. The minimum atomic E-state index is -0.587. The van der Waals surface area contributed by atoms with Gasteiger partial charge in [-0.15, -0.1) is 15.3 Å². The number of nitrogens with zero attached hydrogens (tertiary/aromatic N) is 7. The number of aromatic amines is 3. The molecule has 6 amide bonds. The highest BCUT2D eigenvalue weighted by Crippen LogP contribution is 2.36. The number of hydrogen-bond donors (Lipinski definition) is 7. The third-order valence-electron chi connectivity index (χ3n) is 10.4. The molecule has 6 aromatic heterocycles. The summed E-state index contributed by atoms with van der Waals surface area (Å²) in [5.74, 6) is 3.20. The number of methoxy groups -OCH3 is 1. The van der Waals surface area contributed by atoms with Crippen LogP contribution in [0.3, 0.4) is 0 Å². The van der Waals surface area contributed by atoms with E-state index < -0.39 is 23.9 Å². The van der Waals surface area contributed by atoms with Crippen molar-refractivity contribution in [1.82, 2.24) is 66.8 Å².